The van der Waals surface area contributed by atoms with E-state index in [1.807, 2.05) is 84.9 Å². The van der Waals surface area contributed by atoms with Gasteiger partial charge in [0.1, 0.15) is 0 Å². The molecule has 0 aliphatic carbocycles. The number of benzene rings is 3. The number of pyridine rings is 1. The number of aryl methyl sites for hydroxylation is 1. The van der Waals surface area contributed by atoms with Gasteiger partial charge in [-0.15, -0.1) is 0 Å². The van der Waals surface area contributed by atoms with Crippen molar-refractivity contribution in [3.8, 4) is 0 Å². The van der Waals surface area contributed by atoms with E-state index in [1.54, 1.807) is 0 Å². The van der Waals surface area contributed by atoms with E-state index in [0.717, 1.165) is 28.4 Å². The lowest BCUT2D eigenvalue weighted by atomic mass is 10.1. The highest BCUT2D eigenvalue weighted by molar-refractivity contribution is 5.93. The first-order chi connectivity index (χ1) is 12.3. The van der Waals surface area contributed by atoms with Crippen LogP contribution in [0.2, 0.25) is 0 Å². The highest BCUT2D eigenvalue weighted by Gasteiger charge is 2.07. The van der Waals surface area contributed by atoms with Crippen LogP contribution in [0.4, 0.5) is 0 Å². The van der Waals surface area contributed by atoms with Gasteiger partial charge in [-0.05, 0) is 36.8 Å². The van der Waals surface area contributed by atoms with Crippen LogP contribution in [-0.4, -0.2) is 4.57 Å². The second-order valence-corrected chi connectivity index (χ2v) is 5.72. The second kappa shape index (κ2) is 7.63. The number of nitrogens with zero attached hydrogens (tertiary/aromatic N) is 1. The summed E-state index contributed by atoms with van der Waals surface area (Å²) in [4.78, 5) is 12.3. The van der Waals surface area contributed by atoms with Crippen molar-refractivity contribution in [3.63, 3.8) is 0 Å². The van der Waals surface area contributed by atoms with Gasteiger partial charge in [0.15, 0.2) is 5.43 Å². The molecule has 0 atom stereocenters. The number of aromatic nitrogens is 1. The van der Waals surface area contributed by atoms with Gasteiger partial charge in [0.25, 0.3) is 0 Å². The summed E-state index contributed by atoms with van der Waals surface area (Å²) in [6, 6.07) is 25.6. The van der Waals surface area contributed by atoms with E-state index in [4.69, 9.17) is 0 Å². The summed E-state index contributed by atoms with van der Waals surface area (Å²) in [7, 11) is 0. The van der Waals surface area contributed by atoms with Crippen molar-refractivity contribution < 1.29 is 0 Å². The molecule has 0 unspecified atom stereocenters. The molecule has 2 nitrogen and oxygen atoms in total. The van der Waals surface area contributed by atoms with Crippen LogP contribution in [0.3, 0.4) is 0 Å². The molecule has 0 fully saturated rings. The fraction of sp³-hybridized carbons (Fsp3) is 0.0870. The Bertz CT molecular complexity index is 1000. The van der Waals surface area contributed by atoms with Gasteiger partial charge in [-0.25, -0.2) is 0 Å². The van der Waals surface area contributed by atoms with E-state index in [0.29, 0.717) is 0 Å². The Kier molecular flexibility index (Phi) is 5.10. The number of fused-ring (bicyclic) bond motifs is 2. The molecule has 4 aromatic rings. The average Bonchev–Trinajstić information content (AvgIpc) is 2.70. The summed E-state index contributed by atoms with van der Waals surface area (Å²) >= 11 is 0. The highest BCUT2D eigenvalue weighted by atomic mass is 16.1. The third kappa shape index (κ3) is 3.38. The van der Waals surface area contributed by atoms with Crippen molar-refractivity contribution in [2.45, 2.75) is 13.5 Å². The fourth-order valence-corrected chi connectivity index (χ4v) is 3.01. The minimum atomic E-state index is 0.126. The van der Waals surface area contributed by atoms with Crippen LogP contribution < -0.4 is 5.43 Å². The third-order valence-electron chi connectivity index (χ3n) is 4.23. The molecule has 25 heavy (non-hydrogen) atoms. The lowest BCUT2D eigenvalue weighted by Crippen LogP contribution is -2.10. The van der Waals surface area contributed by atoms with Crippen LogP contribution >= 0.6 is 0 Å². The topological polar surface area (TPSA) is 22.0 Å². The van der Waals surface area contributed by atoms with Crippen LogP contribution in [0.25, 0.3) is 27.9 Å². The molecule has 4 rings (SSSR count). The number of rotatable bonds is 2. The molecule has 0 saturated carbocycles. The zero-order chi connectivity index (χ0) is 17.6. The van der Waals surface area contributed by atoms with Crippen LogP contribution in [0.1, 0.15) is 12.5 Å². The predicted molar refractivity (Wildman–Crippen MR) is 108 cm³/mol. The maximum Gasteiger partial charge on any atom is 0.197 e. The smallest absolute Gasteiger partial charge is 0.197 e. The number of hydrogen-bond donors (Lipinski definition) is 0. The van der Waals surface area contributed by atoms with Gasteiger partial charge in [0, 0.05) is 17.3 Å². The summed E-state index contributed by atoms with van der Waals surface area (Å²) in [6.45, 7) is 6.59. The molecule has 1 heterocycles. The molecule has 1 aromatic heterocycles. The van der Waals surface area contributed by atoms with Gasteiger partial charge < -0.3 is 4.57 Å². The molecule has 0 N–H and O–H groups in total. The van der Waals surface area contributed by atoms with Gasteiger partial charge in [-0.3, -0.25) is 4.79 Å². The van der Waals surface area contributed by atoms with E-state index in [2.05, 4.69) is 18.1 Å². The van der Waals surface area contributed by atoms with Crippen molar-refractivity contribution in [3.05, 3.63) is 101 Å². The largest absolute Gasteiger partial charge is 0.341 e. The predicted octanol–water partition coefficient (Wildman–Crippen LogP) is 5.50. The summed E-state index contributed by atoms with van der Waals surface area (Å²) < 4.78 is 2.19. The fourth-order valence-electron chi connectivity index (χ4n) is 3.01. The lowest BCUT2D eigenvalue weighted by molar-refractivity contribution is 0.821. The van der Waals surface area contributed by atoms with E-state index >= 15 is 0 Å². The first-order valence-corrected chi connectivity index (χ1v) is 8.44. The Balaban J connectivity index is 0.000000192. The molecule has 0 spiro atoms. The van der Waals surface area contributed by atoms with Crippen LogP contribution in [0, 0.1) is 0 Å². The standard InChI is InChI=1S/C15H13NO.C8H8/c1-2-16-13-9-5-3-7-11(13)15(17)12-8-4-6-10-14(12)16;1-2-8-6-4-3-5-7-8/h3-10H,2H2,1H3;2-7H,1H2. The lowest BCUT2D eigenvalue weighted by Gasteiger charge is -2.12. The molecule has 0 aliphatic heterocycles. The summed E-state index contributed by atoms with van der Waals surface area (Å²) in [5.41, 5.74) is 3.32. The van der Waals surface area contributed by atoms with Crippen molar-refractivity contribution in [1.29, 1.82) is 0 Å². The third-order valence-corrected chi connectivity index (χ3v) is 4.23. The zero-order valence-electron chi connectivity index (χ0n) is 14.4. The molecule has 0 radical (unpaired) electrons. The Hall–Kier alpha value is -3.13. The van der Waals surface area contributed by atoms with Gasteiger partial charge in [0.2, 0.25) is 0 Å². The maximum absolute atomic E-state index is 12.3. The molecular formula is C23H21NO. The monoisotopic (exact) mass is 327 g/mol. The van der Waals surface area contributed by atoms with E-state index in [1.165, 1.54) is 5.56 Å². The number of para-hydroxylation sites is 2. The normalized spacial score (nSPS) is 10.3. The quantitative estimate of drug-likeness (QED) is 0.445. The van der Waals surface area contributed by atoms with E-state index < -0.39 is 0 Å². The van der Waals surface area contributed by atoms with Crippen molar-refractivity contribution in [2.75, 3.05) is 0 Å². The first-order valence-electron chi connectivity index (χ1n) is 8.44. The molecular weight excluding hydrogens is 306 g/mol. The average molecular weight is 327 g/mol. The number of hydrogen-bond acceptors (Lipinski definition) is 1. The Morgan fingerprint density at radius 1 is 0.800 bits per heavy atom. The van der Waals surface area contributed by atoms with Crippen molar-refractivity contribution in [1.82, 2.24) is 4.57 Å². The second-order valence-electron chi connectivity index (χ2n) is 5.72. The van der Waals surface area contributed by atoms with Crippen LogP contribution in [0.15, 0.2) is 90.2 Å². The molecule has 3 aromatic carbocycles. The molecule has 0 amide bonds. The molecule has 124 valence electrons. The summed E-state index contributed by atoms with van der Waals surface area (Å²) in [5.74, 6) is 0. The Labute approximate surface area is 147 Å². The zero-order valence-corrected chi connectivity index (χ0v) is 14.4. The Morgan fingerprint density at radius 3 is 1.72 bits per heavy atom. The molecule has 0 aliphatic rings. The molecule has 2 heteroatoms. The van der Waals surface area contributed by atoms with E-state index in [9.17, 15) is 4.79 Å². The van der Waals surface area contributed by atoms with Crippen LogP contribution in [-0.2, 0) is 6.54 Å². The minimum absolute atomic E-state index is 0.126. The van der Waals surface area contributed by atoms with E-state index in [-0.39, 0.29) is 5.43 Å². The highest BCUT2D eigenvalue weighted by Crippen LogP contribution is 2.18. The molecule has 0 saturated heterocycles. The SMILES string of the molecule is C=Cc1ccccc1.CCn1c2ccccc2c(=O)c2ccccc21. The summed E-state index contributed by atoms with van der Waals surface area (Å²) in [6.07, 6.45) is 1.83. The van der Waals surface area contributed by atoms with Crippen molar-refractivity contribution in [2.24, 2.45) is 0 Å². The minimum Gasteiger partial charge on any atom is -0.341 e. The van der Waals surface area contributed by atoms with Gasteiger partial charge >= 0.3 is 0 Å². The van der Waals surface area contributed by atoms with Crippen LogP contribution in [0.5, 0.6) is 0 Å². The van der Waals surface area contributed by atoms with Gasteiger partial charge in [0.05, 0.1) is 11.0 Å². The van der Waals surface area contributed by atoms with Gasteiger partial charge in [-0.2, -0.15) is 0 Å². The Morgan fingerprint density at radius 2 is 1.28 bits per heavy atom. The van der Waals surface area contributed by atoms with Gasteiger partial charge in [-0.1, -0.05) is 67.3 Å². The summed E-state index contributed by atoms with van der Waals surface area (Å²) in [5, 5.41) is 1.60. The van der Waals surface area contributed by atoms with Crippen molar-refractivity contribution >= 4 is 27.9 Å². The first kappa shape index (κ1) is 16.7. The molecule has 0 bridgehead atoms. The maximum atomic E-state index is 12.3.